The minimum atomic E-state index is -0.432. The fourth-order valence-electron chi connectivity index (χ4n) is 1.32. The van der Waals surface area contributed by atoms with Crippen LogP contribution in [-0.2, 0) is 11.2 Å². The van der Waals surface area contributed by atoms with Crippen LogP contribution in [0.25, 0.3) is 0 Å². The molecule has 92 valence electrons. The van der Waals surface area contributed by atoms with E-state index in [1.807, 2.05) is 0 Å². The zero-order chi connectivity index (χ0) is 12.7. The molecule has 1 aromatic carbocycles. The summed E-state index contributed by atoms with van der Waals surface area (Å²) in [5.74, 6) is 0.505. The SMILES string of the molecule is O=C(CCS)NCCc1ccc([N+](=O)[O-])cc1. The highest BCUT2D eigenvalue weighted by Gasteiger charge is 2.04. The van der Waals surface area contributed by atoms with Crippen LogP contribution in [0.4, 0.5) is 5.69 Å². The van der Waals surface area contributed by atoms with Crippen molar-refractivity contribution in [3.05, 3.63) is 39.9 Å². The van der Waals surface area contributed by atoms with Crippen molar-refractivity contribution in [3.8, 4) is 0 Å². The van der Waals surface area contributed by atoms with Gasteiger partial charge in [0, 0.05) is 25.1 Å². The summed E-state index contributed by atoms with van der Waals surface area (Å²) >= 11 is 3.96. The Balaban J connectivity index is 2.37. The Morgan fingerprint density at radius 3 is 2.53 bits per heavy atom. The number of hydrogen-bond donors (Lipinski definition) is 2. The number of nitrogens with zero attached hydrogens (tertiary/aromatic N) is 1. The first-order valence-corrected chi connectivity index (χ1v) is 5.87. The number of thiol groups is 1. The Labute approximate surface area is 105 Å². The average molecular weight is 254 g/mol. The van der Waals surface area contributed by atoms with Crippen molar-refractivity contribution in [2.45, 2.75) is 12.8 Å². The predicted octanol–water partition coefficient (Wildman–Crippen LogP) is 1.57. The minimum absolute atomic E-state index is 0.0260. The molecule has 6 heteroatoms. The van der Waals surface area contributed by atoms with E-state index in [2.05, 4.69) is 17.9 Å². The largest absolute Gasteiger partial charge is 0.356 e. The predicted molar refractivity (Wildman–Crippen MR) is 68.3 cm³/mol. The third-order valence-corrected chi connectivity index (χ3v) is 2.45. The molecule has 0 saturated carbocycles. The quantitative estimate of drug-likeness (QED) is 0.460. The van der Waals surface area contributed by atoms with Crippen LogP contribution in [-0.4, -0.2) is 23.1 Å². The van der Waals surface area contributed by atoms with Crippen molar-refractivity contribution in [1.82, 2.24) is 5.32 Å². The Bertz CT molecular complexity index is 392. The minimum Gasteiger partial charge on any atom is -0.356 e. The summed E-state index contributed by atoms with van der Waals surface area (Å²) in [6.07, 6.45) is 1.07. The van der Waals surface area contributed by atoms with E-state index >= 15 is 0 Å². The molecule has 5 nitrogen and oxygen atoms in total. The second-order valence-electron chi connectivity index (χ2n) is 3.50. The number of carbonyl (C=O) groups is 1. The number of rotatable bonds is 6. The monoisotopic (exact) mass is 254 g/mol. The molecule has 1 amide bonds. The third kappa shape index (κ3) is 4.86. The van der Waals surface area contributed by atoms with Gasteiger partial charge in [0.05, 0.1) is 4.92 Å². The lowest BCUT2D eigenvalue weighted by atomic mass is 10.1. The topological polar surface area (TPSA) is 72.2 Å². The normalized spacial score (nSPS) is 9.94. The van der Waals surface area contributed by atoms with Crippen molar-refractivity contribution in [3.63, 3.8) is 0 Å². The molecule has 0 aliphatic rings. The molecule has 0 saturated heterocycles. The number of non-ortho nitro benzene ring substituents is 1. The smallest absolute Gasteiger partial charge is 0.269 e. The summed E-state index contributed by atoms with van der Waals surface area (Å²) in [6.45, 7) is 0.532. The number of carbonyl (C=O) groups excluding carboxylic acids is 1. The molecule has 0 bridgehead atoms. The van der Waals surface area contributed by atoms with Crippen LogP contribution in [0.15, 0.2) is 24.3 Å². The van der Waals surface area contributed by atoms with Crippen LogP contribution in [0.1, 0.15) is 12.0 Å². The highest BCUT2D eigenvalue weighted by molar-refractivity contribution is 7.80. The van der Waals surface area contributed by atoms with Crippen molar-refractivity contribution in [2.24, 2.45) is 0 Å². The van der Waals surface area contributed by atoms with Crippen LogP contribution in [0.2, 0.25) is 0 Å². The highest BCUT2D eigenvalue weighted by Crippen LogP contribution is 2.11. The summed E-state index contributed by atoms with van der Waals surface area (Å²) in [7, 11) is 0. The van der Waals surface area contributed by atoms with E-state index in [4.69, 9.17) is 0 Å². The summed E-state index contributed by atoms with van der Waals surface area (Å²) in [6, 6.07) is 6.32. The van der Waals surface area contributed by atoms with Crippen molar-refractivity contribution >= 4 is 24.2 Å². The van der Waals surface area contributed by atoms with E-state index < -0.39 is 4.92 Å². The van der Waals surface area contributed by atoms with Gasteiger partial charge in [0.15, 0.2) is 0 Å². The molecule has 0 aromatic heterocycles. The Kier molecular flexibility index (Phi) is 5.48. The second-order valence-corrected chi connectivity index (χ2v) is 3.94. The van der Waals surface area contributed by atoms with Gasteiger partial charge in [-0.3, -0.25) is 14.9 Å². The zero-order valence-corrected chi connectivity index (χ0v) is 10.2. The lowest BCUT2D eigenvalue weighted by Gasteiger charge is -2.04. The van der Waals surface area contributed by atoms with Gasteiger partial charge in [-0.2, -0.15) is 12.6 Å². The Morgan fingerprint density at radius 2 is 2.00 bits per heavy atom. The van der Waals surface area contributed by atoms with Crippen molar-refractivity contribution in [2.75, 3.05) is 12.3 Å². The zero-order valence-electron chi connectivity index (χ0n) is 9.26. The van der Waals surface area contributed by atoms with Crippen molar-refractivity contribution < 1.29 is 9.72 Å². The van der Waals surface area contributed by atoms with Gasteiger partial charge in [-0.1, -0.05) is 12.1 Å². The number of nitro groups is 1. The molecular weight excluding hydrogens is 240 g/mol. The first-order valence-electron chi connectivity index (χ1n) is 5.24. The lowest BCUT2D eigenvalue weighted by Crippen LogP contribution is -2.25. The van der Waals surface area contributed by atoms with Gasteiger partial charge in [0.1, 0.15) is 0 Å². The molecule has 0 unspecified atom stereocenters. The molecule has 0 fully saturated rings. The van der Waals surface area contributed by atoms with Crippen LogP contribution in [0, 0.1) is 10.1 Å². The van der Waals surface area contributed by atoms with Crippen LogP contribution < -0.4 is 5.32 Å². The maximum Gasteiger partial charge on any atom is 0.269 e. The van der Waals surface area contributed by atoms with E-state index in [1.54, 1.807) is 12.1 Å². The number of hydrogen-bond acceptors (Lipinski definition) is 4. The van der Waals surface area contributed by atoms with E-state index in [-0.39, 0.29) is 11.6 Å². The van der Waals surface area contributed by atoms with E-state index in [1.165, 1.54) is 12.1 Å². The van der Waals surface area contributed by atoms with Gasteiger partial charge < -0.3 is 5.32 Å². The van der Waals surface area contributed by atoms with E-state index in [0.717, 1.165) is 5.56 Å². The number of amides is 1. The van der Waals surface area contributed by atoms with Gasteiger partial charge in [-0.15, -0.1) is 0 Å². The molecule has 1 rings (SSSR count). The first kappa shape index (κ1) is 13.5. The molecule has 0 aliphatic heterocycles. The molecule has 0 spiro atoms. The highest BCUT2D eigenvalue weighted by atomic mass is 32.1. The maximum atomic E-state index is 11.1. The van der Waals surface area contributed by atoms with Gasteiger partial charge >= 0.3 is 0 Å². The number of nitrogens with one attached hydrogen (secondary N) is 1. The molecule has 1 aromatic rings. The van der Waals surface area contributed by atoms with Crippen molar-refractivity contribution in [1.29, 1.82) is 0 Å². The molecule has 0 atom stereocenters. The molecule has 1 N–H and O–H groups in total. The maximum absolute atomic E-state index is 11.1. The Morgan fingerprint density at radius 1 is 1.35 bits per heavy atom. The molecular formula is C11H14N2O3S. The van der Waals surface area contributed by atoms with Gasteiger partial charge in [-0.25, -0.2) is 0 Å². The van der Waals surface area contributed by atoms with Crippen LogP contribution in [0.5, 0.6) is 0 Å². The third-order valence-electron chi connectivity index (χ3n) is 2.22. The summed E-state index contributed by atoms with van der Waals surface area (Å²) in [5, 5.41) is 13.2. The molecule has 0 heterocycles. The fraction of sp³-hybridized carbons (Fsp3) is 0.364. The molecule has 0 radical (unpaired) electrons. The molecule has 17 heavy (non-hydrogen) atoms. The Hall–Kier alpha value is -1.56. The summed E-state index contributed by atoms with van der Waals surface area (Å²) in [4.78, 5) is 21.1. The van der Waals surface area contributed by atoms with Gasteiger partial charge in [0.25, 0.3) is 5.69 Å². The average Bonchev–Trinajstić information content (AvgIpc) is 2.30. The standard InChI is InChI=1S/C11H14N2O3S/c14-11(6-8-17)12-7-5-9-1-3-10(4-2-9)13(15)16/h1-4,17H,5-8H2,(H,12,14). The molecule has 0 aliphatic carbocycles. The first-order chi connectivity index (χ1) is 8.13. The van der Waals surface area contributed by atoms with E-state index in [0.29, 0.717) is 25.1 Å². The van der Waals surface area contributed by atoms with Gasteiger partial charge in [0.2, 0.25) is 5.91 Å². The van der Waals surface area contributed by atoms with E-state index in [9.17, 15) is 14.9 Å². The number of benzene rings is 1. The van der Waals surface area contributed by atoms with Crippen LogP contribution in [0.3, 0.4) is 0 Å². The fourth-order valence-corrected chi connectivity index (χ4v) is 1.52. The lowest BCUT2D eigenvalue weighted by molar-refractivity contribution is -0.384. The summed E-state index contributed by atoms with van der Waals surface area (Å²) in [5.41, 5.74) is 1.04. The summed E-state index contributed by atoms with van der Waals surface area (Å²) < 4.78 is 0. The second kappa shape index (κ2) is 6.90. The van der Waals surface area contributed by atoms with Gasteiger partial charge in [-0.05, 0) is 17.7 Å². The van der Waals surface area contributed by atoms with Crippen LogP contribution >= 0.6 is 12.6 Å². The number of nitro benzene ring substituents is 1.